The topological polar surface area (TPSA) is 41.6 Å². The normalized spacial score (nSPS) is 21.1. The Hall–Kier alpha value is -1.55. The quantitative estimate of drug-likeness (QED) is 0.868. The maximum atomic E-state index is 11.4. The molecule has 0 radical (unpaired) electrons. The summed E-state index contributed by atoms with van der Waals surface area (Å²) >= 11 is 0. The van der Waals surface area contributed by atoms with Gasteiger partial charge in [-0.15, -0.1) is 0 Å². The van der Waals surface area contributed by atoms with Crippen molar-refractivity contribution in [1.82, 2.24) is 4.90 Å². The molecule has 1 aromatic rings. The maximum absolute atomic E-state index is 11.4. The van der Waals surface area contributed by atoms with Gasteiger partial charge in [-0.25, -0.2) is 0 Å². The molecule has 4 heteroatoms. The van der Waals surface area contributed by atoms with Crippen molar-refractivity contribution in [1.29, 1.82) is 0 Å². The van der Waals surface area contributed by atoms with Gasteiger partial charge in [0.25, 0.3) is 0 Å². The predicted molar refractivity (Wildman–Crippen MR) is 80.6 cm³/mol. The molecule has 20 heavy (non-hydrogen) atoms. The van der Waals surface area contributed by atoms with Gasteiger partial charge in [-0.05, 0) is 31.4 Å². The van der Waals surface area contributed by atoms with Crippen LogP contribution >= 0.6 is 0 Å². The number of benzene rings is 1. The molecule has 1 fully saturated rings. The molecule has 0 heterocycles. The Morgan fingerprint density at radius 3 is 2.75 bits per heavy atom. The van der Waals surface area contributed by atoms with Crippen molar-refractivity contribution in [2.75, 3.05) is 19.0 Å². The predicted octanol–water partition coefficient (Wildman–Crippen LogP) is 2.64. The number of anilines is 1. The third kappa shape index (κ3) is 3.73. The van der Waals surface area contributed by atoms with E-state index in [1.807, 2.05) is 26.1 Å². The van der Waals surface area contributed by atoms with Gasteiger partial charge in [0, 0.05) is 38.9 Å². The van der Waals surface area contributed by atoms with E-state index in [9.17, 15) is 4.79 Å². The summed E-state index contributed by atoms with van der Waals surface area (Å²) in [5, 5.41) is 3.56. The third-order valence-corrected chi connectivity index (χ3v) is 3.82. The van der Waals surface area contributed by atoms with Crippen LogP contribution in [-0.2, 0) is 16.1 Å². The Labute approximate surface area is 121 Å². The van der Waals surface area contributed by atoms with E-state index in [1.165, 1.54) is 0 Å². The molecule has 110 valence electrons. The molecule has 1 N–H and O–H groups in total. The van der Waals surface area contributed by atoms with Crippen molar-refractivity contribution in [2.24, 2.45) is 0 Å². The number of amides is 1. The SMILES string of the molecule is CCOC1CC(Nc2ccccc2CN(C)C(C)=O)C1. The molecular weight excluding hydrogens is 252 g/mol. The molecule has 0 unspecified atom stereocenters. The average molecular weight is 276 g/mol. The van der Waals surface area contributed by atoms with Gasteiger partial charge in [0.15, 0.2) is 0 Å². The fraction of sp³-hybridized carbons (Fsp3) is 0.562. The number of carbonyl (C=O) groups is 1. The molecule has 1 aromatic carbocycles. The molecule has 1 amide bonds. The van der Waals surface area contributed by atoms with Crippen LogP contribution in [0.25, 0.3) is 0 Å². The first kappa shape index (κ1) is 14.9. The second-order valence-electron chi connectivity index (χ2n) is 5.42. The fourth-order valence-corrected chi connectivity index (χ4v) is 2.44. The van der Waals surface area contributed by atoms with Crippen LogP contribution in [0.3, 0.4) is 0 Å². The number of hydrogen-bond acceptors (Lipinski definition) is 3. The summed E-state index contributed by atoms with van der Waals surface area (Å²) in [5.41, 5.74) is 2.28. The Morgan fingerprint density at radius 1 is 1.40 bits per heavy atom. The molecule has 1 aliphatic rings. The lowest BCUT2D eigenvalue weighted by molar-refractivity contribution is -0.128. The highest BCUT2D eigenvalue weighted by molar-refractivity contribution is 5.73. The Kier molecular flexibility index (Phi) is 5.01. The minimum absolute atomic E-state index is 0.0832. The minimum atomic E-state index is 0.0832. The lowest BCUT2D eigenvalue weighted by atomic mass is 9.89. The summed E-state index contributed by atoms with van der Waals surface area (Å²) in [6.07, 6.45) is 2.53. The van der Waals surface area contributed by atoms with Crippen LogP contribution in [0.1, 0.15) is 32.3 Å². The summed E-state index contributed by atoms with van der Waals surface area (Å²) in [6, 6.07) is 8.67. The van der Waals surface area contributed by atoms with Gasteiger partial charge in [0.2, 0.25) is 5.91 Å². The van der Waals surface area contributed by atoms with Crippen molar-refractivity contribution in [3.05, 3.63) is 29.8 Å². The van der Waals surface area contributed by atoms with Gasteiger partial charge < -0.3 is 15.0 Å². The van der Waals surface area contributed by atoms with Crippen molar-refractivity contribution in [2.45, 2.75) is 45.4 Å². The number of nitrogens with one attached hydrogen (secondary N) is 1. The Bertz CT molecular complexity index is 456. The Morgan fingerprint density at radius 2 is 2.10 bits per heavy atom. The largest absolute Gasteiger partial charge is 0.382 e. The van der Waals surface area contributed by atoms with Crippen molar-refractivity contribution in [3.8, 4) is 0 Å². The Balaban J connectivity index is 1.93. The number of rotatable bonds is 6. The molecule has 0 aromatic heterocycles. The van der Waals surface area contributed by atoms with E-state index in [-0.39, 0.29) is 5.91 Å². The van der Waals surface area contributed by atoms with Gasteiger partial charge >= 0.3 is 0 Å². The first-order valence-electron chi connectivity index (χ1n) is 7.28. The molecule has 0 atom stereocenters. The highest BCUT2D eigenvalue weighted by atomic mass is 16.5. The van der Waals surface area contributed by atoms with Gasteiger partial charge in [0.1, 0.15) is 0 Å². The molecule has 0 aliphatic heterocycles. The second-order valence-corrected chi connectivity index (χ2v) is 5.42. The summed E-state index contributed by atoms with van der Waals surface area (Å²) in [5.74, 6) is 0.0832. The monoisotopic (exact) mass is 276 g/mol. The van der Waals surface area contributed by atoms with Crippen molar-refractivity contribution >= 4 is 11.6 Å². The third-order valence-electron chi connectivity index (χ3n) is 3.82. The van der Waals surface area contributed by atoms with Crippen LogP contribution in [0.5, 0.6) is 0 Å². The fourth-order valence-electron chi connectivity index (χ4n) is 2.44. The minimum Gasteiger partial charge on any atom is -0.382 e. The first-order chi connectivity index (χ1) is 9.60. The molecule has 0 bridgehead atoms. The van der Waals surface area contributed by atoms with Gasteiger partial charge in [-0.2, -0.15) is 0 Å². The second kappa shape index (κ2) is 6.75. The molecule has 4 nitrogen and oxygen atoms in total. The van der Waals surface area contributed by atoms with Crippen LogP contribution in [0.2, 0.25) is 0 Å². The summed E-state index contributed by atoms with van der Waals surface area (Å²) in [4.78, 5) is 13.1. The van der Waals surface area contributed by atoms with Gasteiger partial charge in [-0.3, -0.25) is 4.79 Å². The lowest BCUT2D eigenvalue weighted by Gasteiger charge is -2.36. The van der Waals surface area contributed by atoms with Crippen LogP contribution in [0, 0.1) is 0 Å². The molecular formula is C16H24N2O2. The highest BCUT2D eigenvalue weighted by Gasteiger charge is 2.29. The molecule has 0 spiro atoms. The van der Waals surface area contributed by atoms with E-state index in [1.54, 1.807) is 11.8 Å². The van der Waals surface area contributed by atoms with E-state index >= 15 is 0 Å². The van der Waals surface area contributed by atoms with Gasteiger partial charge in [-0.1, -0.05) is 18.2 Å². The number of para-hydroxylation sites is 1. The van der Waals surface area contributed by atoms with Crippen molar-refractivity contribution in [3.63, 3.8) is 0 Å². The summed E-state index contributed by atoms with van der Waals surface area (Å²) in [6.45, 7) is 5.06. The van der Waals surface area contributed by atoms with Crippen LogP contribution in [0.15, 0.2) is 24.3 Å². The van der Waals surface area contributed by atoms with Crippen LogP contribution in [0.4, 0.5) is 5.69 Å². The van der Waals surface area contributed by atoms with E-state index in [2.05, 4.69) is 17.4 Å². The zero-order valence-corrected chi connectivity index (χ0v) is 12.6. The molecule has 2 rings (SSSR count). The smallest absolute Gasteiger partial charge is 0.219 e. The van der Waals surface area contributed by atoms with Crippen LogP contribution < -0.4 is 5.32 Å². The summed E-state index contributed by atoms with van der Waals surface area (Å²) < 4.78 is 5.58. The lowest BCUT2D eigenvalue weighted by Crippen LogP contribution is -2.41. The zero-order chi connectivity index (χ0) is 14.5. The zero-order valence-electron chi connectivity index (χ0n) is 12.6. The number of carbonyl (C=O) groups excluding carboxylic acids is 1. The number of ether oxygens (including phenoxy) is 1. The number of nitrogens with zero attached hydrogens (tertiary/aromatic N) is 1. The average Bonchev–Trinajstić information content (AvgIpc) is 2.38. The van der Waals surface area contributed by atoms with E-state index in [0.717, 1.165) is 30.7 Å². The summed E-state index contributed by atoms with van der Waals surface area (Å²) in [7, 11) is 1.83. The van der Waals surface area contributed by atoms with Crippen LogP contribution in [-0.4, -0.2) is 36.6 Å². The van der Waals surface area contributed by atoms with Crippen molar-refractivity contribution < 1.29 is 9.53 Å². The molecule has 0 saturated heterocycles. The molecule has 1 saturated carbocycles. The first-order valence-corrected chi connectivity index (χ1v) is 7.28. The van der Waals surface area contributed by atoms with E-state index < -0.39 is 0 Å². The van der Waals surface area contributed by atoms with E-state index in [4.69, 9.17) is 4.74 Å². The number of hydrogen-bond donors (Lipinski definition) is 1. The molecule has 1 aliphatic carbocycles. The van der Waals surface area contributed by atoms with Gasteiger partial charge in [0.05, 0.1) is 6.10 Å². The van der Waals surface area contributed by atoms with E-state index in [0.29, 0.717) is 18.7 Å². The highest BCUT2D eigenvalue weighted by Crippen LogP contribution is 2.28. The standard InChI is InChI=1S/C16H24N2O2/c1-4-20-15-9-14(10-15)17-16-8-6-5-7-13(16)11-18(3)12(2)19/h5-8,14-15,17H,4,9-11H2,1-3H3. The maximum Gasteiger partial charge on any atom is 0.219 e.